The molecule has 0 unspecified atom stereocenters. The molecule has 21 heavy (non-hydrogen) atoms. The summed E-state index contributed by atoms with van der Waals surface area (Å²) in [4.78, 5) is 35.0. The first-order valence-corrected chi connectivity index (χ1v) is 6.51. The number of hydrogen-bond acceptors (Lipinski definition) is 4. The molecule has 2 heterocycles. The summed E-state index contributed by atoms with van der Waals surface area (Å²) in [5, 5.41) is 12.0. The number of carbonyl (C=O) groups excluding carboxylic acids is 1. The molecule has 0 saturated heterocycles. The highest BCUT2D eigenvalue weighted by Gasteiger charge is 2.48. The number of aromatic amines is 1. The number of hydrogen-bond donors (Lipinski definition) is 3. The number of carboxylic acid groups (broad SMARTS) is 1. The first-order chi connectivity index (χ1) is 9.68. The van der Waals surface area contributed by atoms with Gasteiger partial charge in [-0.2, -0.15) is 0 Å². The smallest absolute Gasteiger partial charge is 0.310 e. The number of carboxylic acids is 1. The van der Waals surface area contributed by atoms with Gasteiger partial charge in [0.15, 0.2) is 5.82 Å². The highest BCUT2D eigenvalue weighted by atomic mass is 16.4. The van der Waals surface area contributed by atoms with Gasteiger partial charge in [0.25, 0.3) is 0 Å². The van der Waals surface area contributed by atoms with Gasteiger partial charge in [0.05, 0.1) is 22.7 Å². The molecule has 112 valence electrons. The summed E-state index contributed by atoms with van der Waals surface area (Å²) in [6.45, 7) is 6.25. The van der Waals surface area contributed by atoms with Crippen LogP contribution in [-0.2, 0) is 9.59 Å². The van der Waals surface area contributed by atoms with Crippen LogP contribution in [0.2, 0.25) is 0 Å². The average molecular weight is 290 g/mol. The highest BCUT2D eigenvalue weighted by Crippen LogP contribution is 2.39. The van der Waals surface area contributed by atoms with Gasteiger partial charge in [-0.1, -0.05) is 0 Å². The predicted molar refractivity (Wildman–Crippen MR) is 77.7 cm³/mol. The van der Waals surface area contributed by atoms with Gasteiger partial charge in [0, 0.05) is 6.20 Å². The quantitative estimate of drug-likeness (QED) is 0.798. The van der Waals surface area contributed by atoms with Crippen molar-refractivity contribution in [1.82, 2.24) is 15.0 Å². The van der Waals surface area contributed by atoms with E-state index in [9.17, 15) is 14.7 Å². The predicted octanol–water partition coefficient (Wildman–Crippen LogP) is 2.03. The fourth-order valence-corrected chi connectivity index (χ4v) is 1.77. The van der Waals surface area contributed by atoms with Crippen LogP contribution in [0.4, 0.5) is 5.82 Å². The second-order valence-electron chi connectivity index (χ2n) is 5.97. The number of H-pyrrole nitrogens is 1. The number of imidazole rings is 1. The summed E-state index contributed by atoms with van der Waals surface area (Å²) >= 11 is 0. The molecular formula is C14H18N4O3. The van der Waals surface area contributed by atoms with Crippen LogP contribution in [0.15, 0.2) is 18.6 Å². The van der Waals surface area contributed by atoms with Crippen molar-refractivity contribution in [3.05, 3.63) is 18.6 Å². The lowest BCUT2D eigenvalue weighted by Crippen LogP contribution is -2.47. The van der Waals surface area contributed by atoms with E-state index < -0.39 is 22.7 Å². The molecule has 0 aliphatic heterocycles. The minimum atomic E-state index is -1.23. The molecule has 2 rings (SSSR count). The zero-order valence-corrected chi connectivity index (χ0v) is 12.4. The van der Waals surface area contributed by atoms with Gasteiger partial charge in [-0.3, -0.25) is 9.59 Å². The van der Waals surface area contributed by atoms with Crippen molar-refractivity contribution in [3.63, 3.8) is 0 Å². The number of nitrogens with one attached hydrogen (secondary N) is 2. The van der Waals surface area contributed by atoms with Gasteiger partial charge in [-0.25, -0.2) is 9.97 Å². The Morgan fingerprint density at radius 1 is 1.19 bits per heavy atom. The van der Waals surface area contributed by atoms with Crippen molar-refractivity contribution in [2.45, 2.75) is 27.7 Å². The lowest BCUT2D eigenvalue weighted by molar-refractivity contribution is -0.158. The van der Waals surface area contributed by atoms with Gasteiger partial charge in [-0.05, 0) is 33.8 Å². The van der Waals surface area contributed by atoms with Crippen LogP contribution in [0.3, 0.4) is 0 Å². The molecule has 2 aromatic heterocycles. The van der Waals surface area contributed by atoms with Crippen molar-refractivity contribution in [2.75, 3.05) is 5.32 Å². The number of pyridine rings is 1. The number of aliphatic carboxylic acids is 1. The Hall–Kier alpha value is -2.44. The number of rotatable bonds is 4. The second kappa shape index (κ2) is 4.83. The molecule has 2 aromatic rings. The van der Waals surface area contributed by atoms with E-state index in [0.29, 0.717) is 11.3 Å². The third-order valence-corrected chi connectivity index (χ3v) is 4.23. The van der Waals surface area contributed by atoms with Crippen molar-refractivity contribution < 1.29 is 14.7 Å². The highest BCUT2D eigenvalue weighted by molar-refractivity contribution is 6.02. The minimum Gasteiger partial charge on any atom is -0.481 e. The monoisotopic (exact) mass is 290 g/mol. The summed E-state index contributed by atoms with van der Waals surface area (Å²) in [5.41, 5.74) is -1.07. The number of carbonyl (C=O) groups is 2. The SMILES string of the molecule is CC(C)(C(=O)O)C(C)(C)C(=O)Nc1nccc2[nH]cnc12. The van der Waals surface area contributed by atoms with Gasteiger partial charge < -0.3 is 15.4 Å². The van der Waals surface area contributed by atoms with E-state index in [4.69, 9.17) is 0 Å². The Bertz CT molecular complexity index is 703. The van der Waals surface area contributed by atoms with Crippen LogP contribution in [0.25, 0.3) is 11.0 Å². The first kappa shape index (κ1) is 15.0. The molecule has 0 aromatic carbocycles. The molecule has 7 nitrogen and oxygen atoms in total. The van der Waals surface area contributed by atoms with E-state index in [1.54, 1.807) is 26.1 Å². The molecule has 0 bridgehead atoms. The number of amides is 1. The summed E-state index contributed by atoms with van der Waals surface area (Å²) < 4.78 is 0. The van der Waals surface area contributed by atoms with Crippen molar-refractivity contribution in [2.24, 2.45) is 10.8 Å². The Labute approximate surface area is 121 Å². The van der Waals surface area contributed by atoms with Crippen LogP contribution < -0.4 is 5.32 Å². The lowest BCUT2D eigenvalue weighted by Gasteiger charge is -2.36. The molecule has 0 radical (unpaired) electrons. The second-order valence-corrected chi connectivity index (χ2v) is 5.97. The fourth-order valence-electron chi connectivity index (χ4n) is 1.77. The van der Waals surface area contributed by atoms with Gasteiger partial charge in [0.2, 0.25) is 5.91 Å². The summed E-state index contributed by atoms with van der Waals surface area (Å²) in [7, 11) is 0. The largest absolute Gasteiger partial charge is 0.481 e. The summed E-state index contributed by atoms with van der Waals surface area (Å²) in [6.07, 6.45) is 3.06. The maximum Gasteiger partial charge on any atom is 0.310 e. The van der Waals surface area contributed by atoms with E-state index in [0.717, 1.165) is 5.52 Å². The number of fused-ring (bicyclic) bond motifs is 1. The third-order valence-electron chi connectivity index (χ3n) is 4.23. The zero-order chi connectivity index (χ0) is 15.8. The van der Waals surface area contributed by atoms with Crippen molar-refractivity contribution in [3.8, 4) is 0 Å². The summed E-state index contributed by atoms with van der Waals surface area (Å²) in [5.74, 6) is -1.14. The molecule has 0 saturated carbocycles. The van der Waals surface area contributed by atoms with Crippen molar-refractivity contribution >= 4 is 28.7 Å². The molecule has 0 aliphatic rings. The maximum absolute atomic E-state index is 12.5. The average Bonchev–Trinajstić information content (AvgIpc) is 2.87. The molecular weight excluding hydrogens is 272 g/mol. The third kappa shape index (κ3) is 2.35. The fraction of sp³-hybridized carbons (Fsp3) is 0.429. The van der Waals surface area contributed by atoms with E-state index in [2.05, 4.69) is 20.3 Å². The topological polar surface area (TPSA) is 108 Å². The Morgan fingerprint density at radius 3 is 2.48 bits per heavy atom. The van der Waals surface area contributed by atoms with Crippen LogP contribution >= 0.6 is 0 Å². The van der Waals surface area contributed by atoms with Gasteiger partial charge >= 0.3 is 5.97 Å². The Balaban J connectivity index is 2.33. The minimum absolute atomic E-state index is 0.313. The van der Waals surface area contributed by atoms with Crippen LogP contribution in [0, 0.1) is 10.8 Å². The van der Waals surface area contributed by atoms with Gasteiger partial charge in [-0.15, -0.1) is 0 Å². The molecule has 1 amide bonds. The van der Waals surface area contributed by atoms with E-state index in [1.165, 1.54) is 20.2 Å². The maximum atomic E-state index is 12.5. The normalized spacial score (nSPS) is 12.4. The van der Waals surface area contributed by atoms with Crippen LogP contribution in [0.5, 0.6) is 0 Å². The van der Waals surface area contributed by atoms with E-state index in [1.807, 2.05) is 0 Å². The number of anilines is 1. The molecule has 3 N–H and O–H groups in total. The van der Waals surface area contributed by atoms with Gasteiger partial charge in [0.1, 0.15) is 5.52 Å². The first-order valence-electron chi connectivity index (χ1n) is 6.51. The molecule has 7 heteroatoms. The standard InChI is InChI=1S/C14H18N4O3/c1-13(2,14(3,4)12(20)21)11(19)18-10-9-8(5-6-15-10)16-7-17-9/h5-7H,1-4H3,(H,16,17)(H,20,21)(H,15,18,19). The Morgan fingerprint density at radius 2 is 1.86 bits per heavy atom. The Kier molecular flexibility index (Phi) is 3.44. The molecule has 0 aliphatic carbocycles. The summed E-state index contributed by atoms with van der Waals surface area (Å²) in [6, 6.07) is 1.74. The van der Waals surface area contributed by atoms with E-state index >= 15 is 0 Å². The molecule has 0 atom stereocenters. The van der Waals surface area contributed by atoms with E-state index in [-0.39, 0.29) is 0 Å². The van der Waals surface area contributed by atoms with Crippen molar-refractivity contribution in [1.29, 1.82) is 0 Å². The van der Waals surface area contributed by atoms with Crippen LogP contribution in [0.1, 0.15) is 27.7 Å². The zero-order valence-electron chi connectivity index (χ0n) is 12.4. The molecule has 0 spiro atoms. The lowest BCUT2D eigenvalue weighted by atomic mass is 9.67. The molecule has 0 fully saturated rings. The number of nitrogens with zero attached hydrogens (tertiary/aromatic N) is 2. The van der Waals surface area contributed by atoms with Crippen LogP contribution in [-0.4, -0.2) is 31.9 Å². The number of aromatic nitrogens is 3.